The van der Waals surface area contributed by atoms with Gasteiger partial charge in [-0.25, -0.2) is 16.8 Å². The molecular weight excluding hydrogens is 542 g/mol. The molecule has 6 nitrogen and oxygen atoms in total. The molecule has 4 saturated carbocycles. The minimum Gasteiger partial charge on any atom is -0.296 e. The number of nitrogens with zero attached hydrogens (tertiary/aromatic N) is 1. The molecule has 3 aromatic carbocycles. The van der Waals surface area contributed by atoms with Gasteiger partial charge in [-0.1, -0.05) is 78.4 Å². The second-order valence-corrected chi connectivity index (χ2v) is 14.9. The number of carbonyl (C=O) groups excluding carboxylic acids is 1. The van der Waals surface area contributed by atoms with Crippen LogP contribution >= 0.6 is 0 Å². The lowest BCUT2D eigenvalue weighted by atomic mass is 9.54. The summed E-state index contributed by atoms with van der Waals surface area (Å²) in [5.41, 5.74) is 1.68. The van der Waals surface area contributed by atoms with Gasteiger partial charge in [0.15, 0.2) is 6.29 Å². The van der Waals surface area contributed by atoms with E-state index >= 15 is 0 Å². The van der Waals surface area contributed by atoms with Crippen molar-refractivity contribution in [3.05, 3.63) is 114 Å². The van der Waals surface area contributed by atoms with Gasteiger partial charge in [-0.05, 0) is 85.6 Å². The monoisotopic (exact) mass is 573 g/mol. The van der Waals surface area contributed by atoms with Gasteiger partial charge >= 0.3 is 0 Å². The van der Waals surface area contributed by atoms with Gasteiger partial charge in [0.2, 0.25) is 0 Å². The van der Waals surface area contributed by atoms with Crippen molar-refractivity contribution in [2.24, 2.45) is 23.7 Å². The van der Waals surface area contributed by atoms with Gasteiger partial charge in [-0.15, -0.1) is 0 Å². The summed E-state index contributed by atoms with van der Waals surface area (Å²) in [6.45, 7) is 0. The maximum Gasteiger partial charge on any atom is 0.277 e. The molecule has 4 aliphatic carbocycles. The molecule has 8 heteroatoms. The molecule has 4 aliphatic rings. The van der Waals surface area contributed by atoms with Crippen molar-refractivity contribution in [2.75, 3.05) is 0 Å². The molecule has 40 heavy (non-hydrogen) atoms. The first-order valence-corrected chi connectivity index (χ1v) is 16.5. The number of carbonyl (C=O) groups is 1. The lowest BCUT2D eigenvalue weighted by Crippen LogP contribution is -2.40. The Morgan fingerprint density at radius 3 is 1.48 bits per heavy atom. The molecular formula is C32H31NO5S2. The maximum absolute atomic E-state index is 14.2. The van der Waals surface area contributed by atoms with E-state index in [1.54, 1.807) is 36.4 Å². The molecule has 4 bridgehead atoms. The number of rotatable bonds is 8. The third kappa shape index (κ3) is 4.73. The first-order chi connectivity index (χ1) is 19.3. The van der Waals surface area contributed by atoms with E-state index in [1.165, 1.54) is 60.5 Å². The minimum absolute atomic E-state index is 0.219. The molecule has 4 fully saturated rings. The summed E-state index contributed by atoms with van der Waals surface area (Å²) >= 11 is 0. The molecule has 0 spiro atoms. The van der Waals surface area contributed by atoms with Crippen LogP contribution in [0, 0.1) is 23.7 Å². The van der Waals surface area contributed by atoms with Gasteiger partial charge in [0.25, 0.3) is 20.0 Å². The summed E-state index contributed by atoms with van der Waals surface area (Å²) in [6.07, 6.45) is 7.94. The molecule has 7 rings (SSSR count). The average Bonchev–Trinajstić information content (AvgIpc) is 2.97. The zero-order valence-corrected chi connectivity index (χ0v) is 23.6. The Morgan fingerprint density at radius 2 is 1.05 bits per heavy atom. The molecule has 3 aromatic rings. The third-order valence-corrected chi connectivity index (χ3v) is 12.8. The summed E-state index contributed by atoms with van der Waals surface area (Å²) < 4.78 is 57.0. The predicted octanol–water partition coefficient (Wildman–Crippen LogP) is 6.06. The van der Waals surface area contributed by atoms with E-state index in [2.05, 4.69) is 0 Å². The molecule has 0 amide bonds. The fourth-order valence-electron chi connectivity index (χ4n) is 7.02. The lowest BCUT2D eigenvalue weighted by molar-refractivity contribution is -0.105. The topological polar surface area (TPSA) is 88.6 Å². The third-order valence-electron chi connectivity index (χ3n) is 8.58. The van der Waals surface area contributed by atoms with Crippen LogP contribution in [0.1, 0.15) is 37.7 Å². The van der Waals surface area contributed by atoms with Gasteiger partial charge in [-0.2, -0.15) is 3.71 Å². The first kappa shape index (κ1) is 26.7. The average molecular weight is 574 g/mol. The van der Waals surface area contributed by atoms with Gasteiger partial charge in [0.1, 0.15) is 5.70 Å². The van der Waals surface area contributed by atoms with E-state index in [-0.39, 0.29) is 9.79 Å². The van der Waals surface area contributed by atoms with Crippen molar-refractivity contribution in [1.29, 1.82) is 0 Å². The van der Waals surface area contributed by atoms with Crippen molar-refractivity contribution < 1.29 is 21.6 Å². The van der Waals surface area contributed by atoms with Crippen molar-refractivity contribution in [1.82, 2.24) is 3.71 Å². The van der Waals surface area contributed by atoms with E-state index < -0.39 is 25.7 Å². The maximum atomic E-state index is 14.2. The van der Waals surface area contributed by atoms with E-state index in [9.17, 15) is 21.6 Å². The smallest absolute Gasteiger partial charge is 0.277 e. The minimum atomic E-state index is -4.71. The number of benzene rings is 3. The number of hydrogen-bond acceptors (Lipinski definition) is 5. The van der Waals surface area contributed by atoms with E-state index in [0.29, 0.717) is 44.8 Å². The second kappa shape index (κ2) is 10.5. The molecule has 0 aliphatic heterocycles. The molecule has 0 unspecified atom stereocenters. The highest BCUT2D eigenvalue weighted by Crippen LogP contribution is 2.56. The van der Waals surface area contributed by atoms with Crippen LogP contribution in [0.5, 0.6) is 0 Å². The Labute approximate surface area is 236 Å². The van der Waals surface area contributed by atoms with Gasteiger partial charge in [0.05, 0.1) is 9.79 Å². The molecule has 206 valence electrons. The van der Waals surface area contributed by atoms with Crippen LogP contribution in [0.4, 0.5) is 0 Å². The molecule has 0 radical (unpaired) electrons. The van der Waals surface area contributed by atoms with E-state index in [4.69, 9.17) is 0 Å². The lowest BCUT2D eigenvalue weighted by Gasteiger charge is -2.51. The predicted molar refractivity (Wildman–Crippen MR) is 154 cm³/mol. The summed E-state index contributed by atoms with van der Waals surface area (Å²) in [6, 6.07) is 23.8. The number of sulfonamides is 2. The molecule has 0 N–H and O–H groups in total. The second-order valence-electron chi connectivity index (χ2n) is 11.1. The highest BCUT2D eigenvalue weighted by molar-refractivity contribution is 8.04. The van der Waals surface area contributed by atoms with Crippen LogP contribution in [0.25, 0.3) is 5.57 Å². The highest BCUT2D eigenvalue weighted by atomic mass is 32.3. The largest absolute Gasteiger partial charge is 0.296 e. The van der Waals surface area contributed by atoms with Crippen molar-refractivity contribution >= 4 is 31.9 Å². The molecule has 0 aromatic heterocycles. The zero-order chi connectivity index (χ0) is 27.9. The van der Waals surface area contributed by atoms with Crippen molar-refractivity contribution in [3.63, 3.8) is 0 Å². The van der Waals surface area contributed by atoms with Gasteiger partial charge in [0, 0.05) is 5.57 Å². The quantitative estimate of drug-likeness (QED) is 0.242. The molecule has 0 atom stereocenters. The number of aldehydes is 1. The van der Waals surface area contributed by atoms with Crippen LogP contribution in [0.15, 0.2) is 118 Å². The van der Waals surface area contributed by atoms with E-state index in [0.717, 1.165) is 25.7 Å². The molecule has 0 saturated heterocycles. The van der Waals surface area contributed by atoms with Crippen molar-refractivity contribution in [2.45, 2.75) is 41.9 Å². The van der Waals surface area contributed by atoms with Crippen molar-refractivity contribution in [3.8, 4) is 0 Å². The Kier molecular flexibility index (Phi) is 7.00. The molecule has 0 heterocycles. The van der Waals surface area contributed by atoms with Crippen LogP contribution in [-0.2, 0) is 24.8 Å². The SMILES string of the molecule is O=C/C(=C(/C=C1C2CC3CC(C2)CC1C3)c1ccccc1)N(S(=O)(=O)c1ccccc1)S(=O)(=O)c1ccccc1. The van der Waals surface area contributed by atoms with Crippen LogP contribution in [-0.4, -0.2) is 26.8 Å². The summed E-state index contributed by atoms with van der Waals surface area (Å²) in [5.74, 6) is 2.16. The normalized spacial score (nSPS) is 24.4. The summed E-state index contributed by atoms with van der Waals surface area (Å²) in [5, 5.41) is 0. The summed E-state index contributed by atoms with van der Waals surface area (Å²) in [7, 11) is -9.41. The van der Waals surface area contributed by atoms with Crippen LogP contribution in [0.3, 0.4) is 0 Å². The first-order valence-electron chi connectivity index (χ1n) is 13.7. The highest BCUT2D eigenvalue weighted by Gasteiger charge is 2.46. The fourth-order valence-corrected chi connectivity index (χ4v) is 10.8. The summed E-state index contributed by atoms with van der Waals surface area (Å²) in [4.78, 5) is 12.6. The Morgan fingerprint density at radius 1 is 0.625 bits per heavy atom. The van der Waals surface area contributed by atoms with Gasteiger partial charge in [-0.3, -0.25) is 4.79 Å². The van der Waals surface area contributed by atoms with Crippen LogP contribution in [0.2, 0.25) is 0 Å². The zero-order valence-electron chi connectivity index (χ0n) is 22.0. The fraction of sp³-hybridized carbons (Fsp3) is 0.281. The number of allylic oxidation sites excluding steroid dienone is 4. The Bertz CT molecular complexity index is 1580. The Hall–Kier alpha value is -3.49. The Balaban J connectivity index is 1.62. The standard InChI is InChI=1S/C32H31NO5S2/c34-22-32(33(39(35,36)28-12-6-2-7-13-28)40(37,38)29-14-8-3-9-15-29)31(25-10-4-1-5-11-25)21-30-26-17-23-16-24(19-26)20-27(30)18-23/h1-15,21-24,26-27H,16-20H2/b30-21?,32-31+. The van der Waals surface area contributed by atoms with E-state index in [1.807, 2.05) is 12.1 Å². The van der Waals surface area contributed by atoms with Gasteiger partial charge < -0.3 is 0 Å². The van der Waals surface area contributed by atoms with Crippen LogP contribution < -0.4 is 0 Å². The number of hydrogen-bond donors (Lipinski definition) is 0.